The second-order valence-electron chi connectivity index (χ2n) is 5.50. The Morgan fingerprint density at radius 3 is 2.11 bits per heavy atom. The van der Waals surface area contributed by atoms with Crippen molar-refractivity contribution in [3.8, 4) is 0 Å². The van der Waals surface area contributed by atoms with E-state index in [-0.39, 0.29) is 0 Å². The summed E-state index contributed by atoms with van der Waals surface area (Å²) in [4.78, 5) is 0. The Hall–Kier alpha value is -1.08. The van der Waals surface area contributed by atoms with E-state index in [1.54, 1.807) is 0 Å². The maximum Gasteiger partial charge on any atom is 0.0508 e. The minimum atomic E-state index is 0.344. The summed E-state index contributed by atoms with van der Waals surface area (Å²) in [6, 6.07) is 9.35. The van der Waals surface area contributed by atoms with Crippen molar-refractivity contribution in [1.29, 1.82) is 0 Å². The molecule has 0 fully saturated rings. The monoisotopic (exact) mass is 245 g/mol. The predicted molar refractivity (Wildman–Crippen MR) is 81.0 cm³/mol. The number of benzene rings is 1. The van der Waals surface area contributed by atoms with Crippen LogP contribution in [0.1, 0.15) is 64.1 Å². The molecule has 0 aliphatic carbocycles. The van der Waals surface area contributed by atoms with Gasteiger partial charge in [-0.25, -0.2) is 0 Å². The van der Waals surface area contributed by atoms with E-state index < -0.39 is 0 Å². The quantitative estimate of drug-likeness (QED) is 0.709. The summed E-state index contributed by atoms with van der Waals surface area (Å²) in [6.45, 7) is 12.0. The molecule has 0 bridgehead atoms. The molecule has 0 radical (unpaired) electrons. The van der Waals surface area contributed by atoms with E-state index in [2.05, 4.69) is 70.3 Å². The van der Waals surface area contributed by atoms with Gasteiger partial charge in [0, 0.05) is 0 Å². The zero-order chi connectivity index (χ0) is 13.5. The van der Waals surface area contributed by atoms with Crippen LogP contribution in [0, 0.1) is 0 Å². The fourth-order valence-electron chi connectivity index (χ4n) is 1.99. The first kappa shape index (κ1) is 15.0. The minimum absolute atomic E-state index is 0.344. The highest BCUT2D eigenvalue weighted by molar-refractivity contribution is 5.29. The highest BCUT2D eigenvalue weighted by Crippen LogP contribution is 2.20. The van der Waals surface area contributed by atoms with Crippen molar-refractivity contribution in [2.45, 2.75) is 53.0 Å². The SMILES string of the molecule is CCCNC(C=C(C)C)c1ccc(C(C)C)cc1. The van der Waals surface area contributed by atoms with Gasteiger partial charge in [-0.1, -0.05) is 56.7 Å². The van der Waals surface area contributed by atoms with Crippen molar-refractivity contribution >= 4 is 0 Å². The van der Waals surface area contributed by atoms with Gasteiger partial charge in [0.25, 0.3) is 0 Å². The van der Waals surface area contributed by atoms with Crippen LogP contribution in [0.25, 0.3) is 0 Å². The summed E-state index contributed by atoms with van der Waals surface area (Å²) >= 11 is 0. The number of nitrogens with one attached hydrogen (secondary N) is 1. The molecule has 1 atom stereocenters. The first-order valence-electron chi connectivity index (χ1n) is 7.02. The smallest absolute Gasteiger partial charge is 0.0508 e. The van der Waals surface area contributed by atoms with Crippen LogP contribution < -0.4 is 5.32 Å². The van der Waals surface area contributed by atoms with E-state index in [0.717, 1.165) is 13.0 Å². The highest BCUT2D eigenvalue weighted by atomic mass is 14.9. The Balaban J connectivity index is 2.87. The van der Waals surface area contributed by atoms with E-state index >= 15 is 0 Å². The largest absolute Gasteiger partial charge is 0.307 e. The van der Waals surface area contributed by atoms with Gasteiger partial charge in [-0.15, -0.1) is 0 Å². The molecule has 1 unspecified atom stereocenters. The number of hydrogen-bond donors (Lipinski definition) is 1. The van der Waals surface area contributed by atoms with Gasteiger partial charge >= 0.3 is 0 Å². The van der Waals surface area contributed by atoms with Crippen molar-refractivity contribution in [2.24, 2.45) is 0 Å². The Kier molecular flexibility index (Phi) is 6.14. The van der Waals surface area contributed by atoms with Crippen LogP contribution in [0.4, 0.5) is 0 Å². The van der Waals surface area contributed by atoms with E-state index in [0.29, 0.717) is 12.0 Å². The average Bonchev–Trinajstić information content (AvgIpc) is 2.34. The summed E-state index contributed by atoms with van der Waals surface area (Å²) in [6.07, 6.45) is 3.47. The third-order valence-corrected chi connectivity index (χ3v) is 3.08. The topological polar surface area (TPSA) is 12.0 Å². The van der Waals surface area contributed by atoms with Gasteiger partial charge in [-0.2, -0.15) is 0 Å². The van der Waals surface area contributed by atoms with Gasteiger partial charge in [0.15, 0.2) is 0 Å². The molecule has 0 aliphatic rings. The van der Waals surface area contributed by atoms with Crippen LogP contribution in [0.15, 0.2) is 35.9 Å². The van der Waals surface area contributed by atoms with Crippen LogP contribution in [0.5, 0.6) is 0 Å². The number of rotatable bonds is 6. The second kappa shape index (κ2) is 7.38. The Morgan fingerprint density at radius 1 is 1.11 bits per heavy atom. The molecule has 0 aliphatic heterocycles. The molecule has 1 N–H and O–H groups in total. The summed E-state index contributed by atoms with van der Waals surface area (Å²) in [5.74, 6) is 0.601. The van der Waals surface area contributed by atoms with Gasteiger partial charge in [0.05, 0.1) is 6.04 Å². The van der Waals surface area contributed by atoms with E-state index in [4.69, 9.17) is 0 Å². The first-order chi connectivity index (χ1) is 8.54. The first-order valence-corrected chi connectivity index (χ1v) is 7.02. The van der Waals surface area contributed by atoms with E-state index in [1.807, 2.05) is 0 Å². The molecular formula is C17H27N. The molecule has 0 saturated carbocycles. The molecule has 0 spiro atoms. The molecule has 100 valence electrons. The van der Waals surface area contributed by atoms with Gasteiger partial charge in [-0.05, 0) is 43.9 Å². The van der Waals surface area contributed by atoms with Crippen molar-refractivity contribution in [3.63, 3.8) is 0 Å². The van der Waals surface area contributed by atoms with Crippen molar-refractivity contribution in [2.75, 3.05) is 6.54 Å². The molecule has 1 heteroatoms. The zero-order valence-electron chi connectivity index (χ0n) is 12.5. The summed E-state index contributed by atoms with van der Waals surface area (Å²) < 4.78 is 0. The molecule has 1 aromatic carbocycles. The molecule has 1 aromatic rings. The van der Waals surface area contributed by atoms with Crippen molar-refractivity contribution in [1.82, 2.24) is 5.32 Å². The lowest BCUT2D eigenvalue weighted by molar-refractivity contribution is 0.610. The van der Waals surface area contributed by atoms with Crippen LogP contribution in [0.2, 0.25) is 0 Å². The molecule has 0 amide bonds. The number of hydrogen-bond acceptors (Lipinski definition) is 1. The third-order valence-electron chi connectivity index (χ3n) is 3.08. The summed E-state index contributed by atoms with van der Waals surface area (Å²) in [5.41, 5.74) is 4.12. The zero-order valence-corrected chi connectivity index (χ0v) is 12.5. The lowest BCUT2D eigenvalue weighted by Gasteiger charge is -2.17. The maximum atomic E-state index is 3.59. The lowest BCUT2D eigenvalue weighted by atomic mass is 9.98. The minimum Gasteiger partial charge on any atom is -0.307 e. The summed E-state index contributed by atoms with van der Waals surface area (Å²) in [5, 5.41) is 3.59. The van der Waals surface area contributed by atoms with Crippen molar-refractivity contribution in [3.05, 3.63) is 47.0 Å². The Bertz CT molecular complexity index is 369. The van der Waals surface area contributed by atoms with Gasteiger partial charge in [0.1, 0.15) is 0 Å². The van der Waals surface area contributed by atoms with E-state index in [9.17, 15) is 0 Å². The van der Waals surface area contributed by atoms with Gasteiger partial charge in [0.2, 0.25) is 0 Å². The van der Waals surface area contributed by atoms with Crippen LogP contribution in [0.3, 0.4) is 0 Å². The predicted octanol–water partition coefficient (Wildman–Crippen LogP) is 4.82. The number of allylic oxidation sites excluding steroid dienone is 1. The van der Waals surface area contributed by atoms with Crippen LogP contribution in [-0.4, -0.2) is 6.54 Å². The molecule has 1 rings (SSSR count). The van der Waals surface area contributed by atoms with E-state index in [1.165, 1.54) is 16.7 Å². The third kappa shape index (κ3) is 4.66. The molecule has 18 heavy (non-hydrogen) atoms. The molecule has 0 saturated heterocycles. The molecule has 0 heterocycles. The Labute approximate surface area is 112 Å². The van der Waals surface area contributed by atoms with Crippen molar-refractivity contribution < 1.29 is 0 Å². The van der Waals surface area contributed by atoms with Crippen LogP contribution >= 0.6 is 0 Å². The van der Waals surface area contributed by atoms with Gasteiger partial charge in [-0.3, -0.25) is 0 Å². The fraction of sp³-hybridized carbons (Fsp3) is 0.529. The molecule has 0 aromatic heterocycles. The lowest BCUT2D eigenvalue weighted by Crippen LogP contribution is -2.20. The molecule has 1 nitrogen and oxygen atoms in total. The fourth-order valence-corrected chi connectivity index (χ4v) is 1.99. The Morgan fingerprint density at radius 2 is 1.67 bits per heavy atom. The standard InChI is InChI=1S/C17H27N/c1-6-11-18-17(12-13(2)3)16-9-7-15(8-10-16)14(4)5/h7-10,12,14,17-18H,6,11H2,1-5H3. The molecular weight excluding hydrogens is 218 g/mol. The average molecular weight is 245 g/mol. The van der Waals surface area contributed by atoms with Gasteiger partial charge < -0.3 is 5.32 Å². The second-order valence-corrected chi connectivity index (χ2v) is 5.50. The highest BCUT2D eigenvalue weighted by Gasteiger charge is 2.08. The maximum absolute atomic E-state index is 3.59. The van der Waals surface area contributed by atoms with Crippen LogP contribution in [-0.2, 0) is 0 Å². The summed E-state index contributed by atoms with van der Waals surface area (Å²) in [7, 11) is 0. The normalized spacial score (nSPS) is 12.6.